The quantitative estimate of drug-likeness (QED) is 0.846. The van der Waals surface area contributed by atoms with Gasteiger partial charge in [0.25, 0.3) is 11.8 Å². The first kappa shape index (κ1) is 17.9. The fourth-order valence-corrected chi connectivity index (χ4v) is 2.70. The summed E-state index contributed by atoms with van der Waals surface area (Å²) in [6.45, 7) is 2.34. The zero-order valence-corrected chi connectivity index (χ0v) is 14.9. The number of nitrogens with one attached hydrogen (secondary N) is 2. The van der Waals surface area contributed by atoms with Crippen molar-refractivity contribution in [3.05, 3.63) is 57.9 Å². The molecule has 6 nitrogen and oxygen atoms in total. The Morgan fingerprint density at radius 1 is 1.27 bits per heavy atom. The van der Waals surface area contributed by atoms with Gasteiger partial charge in [-0.15, -0.1) is 0 Å². The van der Waals surface area contributed by atoms with Crippen LogP contribution in [-0.2, 0) is 0 Å². The van der Waals surface area contributed by atoms with E-state index in [1.807, 2.05) is 6.07 Å². The Morgan fingerprint density at radius 2 is 2.04 bits per heavy atom. The molecule has 1 fully saturated rings. The van der Waals surface area contributed by atoms with Crippen LogP contribution in [0.5, 0.6) is 0 Å². The lowest BCUT2D eigenvalue weighted by Crippen LogP contribution is -2.29. The number of nitriles is 1. The zero-order chi connectivity index (χ0) is 18.7. The van der Waals surface area contributed by atoms with Crippen molar-refractivity contribution < 1.29 is 9.59 Å². The van der Waals surface area contributed by atoms with Crippen LogP contribution in [0.3, 0.4) is 0 Å². The van der Waals surface area contributed by atoms with Crippen molar-refractivity contribution >= 4 is 29.1 Å². The third kappa shape index (κ3) is 4.01. The van der Waals surface area contributed by atoms with E-state index in [1.54, 1.807) is 37.3 Å². The van der Waals surface area contributed by atoms with Crippen molar-refractivity contribution in [2.75, 3.05) is 11.9 Å². The van der Waals surface area contributed by atoms with Crippen LogP contribution in [0.4, 0.5) is 5.69 Å². The van der Waals surface area contributed by atoms with E-state index in [9.17, 15) is 14.9 Å². The number of anilines is 1. The molecule has 0 aliphatic heterocycles. The maximum absolute atomic E-state index is 12.7. The second-order valence-electron chi connectivity index (χ2n) is 6.23. The van der Waals surface area contributed by atoms with Gasteiger partial charge >= 0.3 is 0 Å². The summed E-state index contributed by atoms with van der Waals surface area (Å²) < 4.78 is 0. The van der Waals surface area contributed by atoms with E-state index in [-0.39, 0.29) is 33.4 Å². The van der Waals surface area contributed by atoms with Crippen molar-refractivity contribution in [2.45, 2.75) is 19.8 Å². The average molecular weight is 369 g/mol. The largest absolute Gasteiger partial charge is 0.350 e. The van der Waals surface area contributed by atoms with Crippen molar-refractivity contribution in [3.63, 3.8) is 0 Å². The highest BCUT2D eigenvalue weighted by Crippen LogP contribution is 2.28. The third-order valence-electron chi connectivity index (χ3n) is 4.12. The van der Waals surface area contributed by atoms with Crippen LogP contribution in [0.1, 0.15) is 44.9 Å². The summed E-state index contributed by atoms with van der Waals surface area (Å²) in [5.41, 5.74) is 1.31. The zero-order valence-electron chi connectivity index (χ0n) is 14.2. The number of halogens is 1. The number of aryl methyl sites for hydroxylation is 1. The number of hydrogen-bond donors (Lipinski definition) is 2. The van der Waals surface area contributed by atoms with Crippen LogP contribution in [0.25, 0.3) is 0 Å². The van der Waals surface area contributed by atoms with Crippen molar-refractivity contribution in [1.29, 1.82) is 5.26 Å². The molecule has 0 atom stereocenters. The van der Waals surface area contributed by atoms with E-state index in [1.165, 1.54) is 0 Å². The van der Waals surface area contributed by atoms with Gasteiger partial charge < -0.3 is 10.6 Å². The molecule has 2 amide bonds. The normalized spacial score (nSPS) is 13.0. The summed E-state index contributed by atoms with van der Waals surface area (Å²) in [7, 11) is 0. The topological polar surface area (TPSA) is 94.9 Å². The summed E-state index contributed by atoms with van der Waals surface area (Å²) in [5.74, 6) is -0.379. The van der Waals surface area contributed by atoms with E-state index in [2.05, 4.69) is 15.6 Å². The van der Waals surface area contributed by atoms with E-state index in [0.29, 0.717) is 18.2 Å². The molecule has 3 rings (SSSR count). The maximum Gasteiger partial charge on any atom is 0.270 e. The Morgan fingerprint density at radius 3 is 2.73 bits per heavy atom. The molecule has 1 aromatic carbocycles. The summed E-state index contributed by atoms with van der Waals surface area (Å²) >= 11 is 5.99. The van der Waals surface area contributed by atoms with Crippen LogP contribution in [0, 0.1) is 24.2 Å². The molecule has 7 heteroatoms. The minimum Gasteiger partial charge on any atom is -0.350 e. The highest BCUT2D eigenvalue weighted by Gasteiger charge is 2.24. The van der Waals surface area contributed by atoms with E-state index >= 15 is 0 Å². The Bertz CT molecular complexity index is 916. The number of amides is 2. The molecule has 1 heterocycles. The summed E-state index contributed by atoms with van der Waals surface area (Å²) in [4.78, 5) is 29.4. The van der Waals surface area contributed by atoms with Crippen LogP contribution in [-0.4, -0.2) is 23.3 Å². The van der Waals surface area contributed by atoms with Gasteiger partial charge in [0, 0.05) is 12.2 Å². The molecule has 0 bridgehead atoms. The van der Waals surface area contributed by atoms with Crippen molar-refractivity contribution in [2.24, 2.45) is 5.92 Å². The lowest BCUT2D eigenvalue weighted by Gasteiger charge is -2.12. The first-order valence-corrected chi connectivity index (χ1v) is 8.63. The Labute approximate surface area is 156 Å². The molecule has 1 aliphatic rings. The lowest BCUT2D eigenvalue weighted by atomic mass is 10.1. The van der Waals surface area contributed by atoms with Crippen LogP contribution < -0.4 is 10.6 Å². The van der Waals surface area contributed by atoms with Crippen LogP contribution in [0.15, 0.2) is 30.3 Å². The fourth-order valence-electron chi connectivity index (χ4n) is 2.49. The summed E-state index contributed by atoms with van der Waals surface area (Å²) in [5, 5.41) is 14.9. The standard InChI is InChI=1S/C19H17ClN4O2/c1-11-5-8-13(17(23-11)19(26)22-10-12-6-7-12)18(25)24-16-4-2-3-15(20)14(16)9-21/h2-5,8,12H,6-7,10H2,1H3,(H,22,26)(H,24,25). The summed E-state index contributed by atoms with van der Waals surface area (Å²) in [6, 6.07) is 9.97. The van der Waals surface area contributed by atoms with Crippen LogP contribution >= 0.6 is 11.6 Å². The van der Waals surface area contributed by atoms with Gasteiger partial charge in [0.1, 0.15) is 11.8 Å². The van der Waals surface area contributed by atoms with E-state index < -0.39 is 5.91 Å². The first-order valence-electron chi connectivity index (χ1n) is 8.25. The molecular weight excluding hydrogens is 352 g/mol. The molecule has 132 valence electrons. The highest BCUT2D eigenvalue weighted by atomic mass is 35.5. The van der Waals surface area contributed by atoms with E-state index in [0.717, 1.165) is 12.8 Å². The fraction of sp³-hybridized carbons (Fsp3) is 0.263. The SMILES string of the molecule is Cc1ccc(C(=O)Nc2cccc(Cl)c2C#N)c(C(=O)NCC2CC2)n1. The van der Waals surface area contributed by atoms with Gasteiger partial charge in [-0.2, -0.15) is 5.26 Å². The van der Waals surface area contributed by atoms with Crippen LogP contribution in [0.2, 0.25) is 5.02 Å². The Balaban J connectivity index is 1.86. The number of pyridine rings is 1. The minimum absolute atomic E-state index is 0.0729. The number of hydrogen-bond acceptors (Lipinski definition) is 4. The predicted octanol–water partition coefficient (Wildman–Crippen LogP) is 3.31. The molecule has 1 saturated carbocycles. The number of rotatable bonds is 5. The molecular formula is C19H17ClN4O2. The highest BCUT2D eigenvalue weighted by molar-refractivity contribution is 6.32. The van der Waals surface area contributed by atoms with Crippen molar-refractivity contribution in [1.82, 2.24) is 10.3 Å². The molecule has 0 spiro atoms. The number of benzene rings is 1. The first-order chi connectivity index (χ1) is 12.5. The predicted molar refractivity (Wildman–Crippen MR) is 98.2 cm³/mol. The Kier molecular flexibility index (Phi) is 5.19. The molecule has 0 unspecified atom stereocenters. The van der Waals surface area contributed by atoms with E-state index in [4.69, 9.17) is 11.6 Å². The van der Waals surface area contributed by atoms with Gasteiger partial charge in [0.05, 0.1) is 21.8 Å². The minimum atomic E-state index is -0.521. The second kappa shape index (κ2) is 7.54. The third-order valence-corrected chi connectivity index (χ3v) is 4.43. The average Bonchev–Trinajstić information content (AvgIpc) is 3.44. The van der Waals surface area contributed by atoms with Gasteiger partial charge in [0.2, 0.25) is 0 Å². The smallest absolute Gasteiger partial charge is 0.270 e. The Hall–Kier alpha value is -2.91. The van der Waals surface area contributed by atoms with Gasteiger partial charge in [0.15, 0.2) is 0 Å². The number of carbonyl (C=O) groups is 2. The second-order valence-corrected chi connectivity index (χ2v) is 6.64. The van der Waals surface area contributed by atoms with Gasteiger partial charge in [-0.3, -0.25) is 9.59 Å². The van der Waals surface area contributed by atoms with Gasteiger partial charge in [-0.1, -0.05) is 17.7 Å². The number of nitrogens with zero attached hydrogens (tertiary/aromatic N) is 2. The number of aromatic nitrogens is 1. The molecule has 1 aliphatic carbocycles. The molecule has 2 N–H and O–H groups in total. The number of carbonyl (C=O) groups excluding carboxylic acids is 2. The molecule has 0 saturated heterocycles. The molecule has 1 aromatic heterocycles. The molecule has 26 heavy (non-hydrogen) atoms. The monoisotopic (exact) mass is 368 g/mol. The van der Waals surface area contributed by atoms with Crippen molar-refractivity contribution in [3.8, 4) is 6.07 Å². The summed E-state index contributed by atoms with van der Waals surface area (Å²) in [6.07, 6.45) is 2.22. The van der Waals surface area contributed by atoms with Gasteiger partial charge in [-0.25, -0.2) is 4.98 Å². The lowest BCUT2D eigenvalue weighted by molar-refractivity contribution is 0.0933. The molecule has 2 aromatic rings. The maximum atomic E-state index is 12.7. The molecule has 0 radical (unpaired) electrons. The van der Waals surface area contributed by atoms with Gasteiger partial charge in [-0.05, 0) is 49.9 Å².